The fourth-order valence-electron chi connectivity index (χ4n) is 5.19. The summed E-state index contributed by atoms with van der Waals surface area (Å²) in [5.74, 6) is 1.55. The predicted octanol–water partition coefficient (Wildman–Crippen LogP) is 5.45. The Morgan fingerprint density at radius 1 is 0.962 bits per heavy atom. The number of fused-ring (bicyclic) bond motifs is 3. The number of hydrogen-bond donors (Lipinski definition) is 0. The molecule has 0 bridgehead atoms. The molecule has 2 aromatic carbocycles. The topological polar surface area (TPSA) is 8.81 Å². The molecule has 0 radical (unpaired) electrons. The van der Waals surface area contributed by atoms with E-state index in [0.717, 1.165) is 18.7 Å². The first-order chi connectivity index (χ1) is 13.0. The van der Waals surface area contributed by atoms with Gasteiger partial charge in [-0.1, -0.05) is 55.3 Å². The first-order valence-corrected chi connectivity index (χ1v) is 9.85. The molecular weight excluding hydrogens is 316 g/mol. The number of nitrogens with zero attached hydrogens (tertiary/aromatic N) is 2. The van der Waals surface area contributed by atoms with Crippen LogP contribution in [-0.2, 0) is 0 Å². The maximum absolute atomic E-state index is 9.76. The van der Waals surface area contributed by atoms with Gasteiger partial charge in [0.05, 0.1) is 1.37 Å². The molecule has 2 aliphatic rings. The Morgan fingerprint density at radius 3 is 2.42 bits per heavy atom. The first-order valence-electron chi connectivity index (χ1n) is 10.4. The van der Waals surface area contributed by atoms with Gasteiger partial charge >= 0.3 is 0 Å². The molecule has 5 rings (SSSR count). The van der Waals surface area contributed by atoms with Crippen molar-refractivity contribution in [2.75, 3.05) is 0 Å². The molecule has 2 heterocycles. The molecule has 2 heteroatoms. The Kier molecular flexibility index (Phi) is 3.32. The zero-order valence-electron chi connectivity index (χ0n) is 16.9. The second kappa shape index (κ2) is 5.84. The number of rotatable bonds is 2. The fourth-order valence-corrected chi connectivity index (χ4v) is 5.19. The van der Waals surface area contributed by atoms with Crippen molar-refractivity contribution in [1.82, 2.24) is 4.57 Å². The molecule has 0 N–H and O–H groups in total. The third kappa shape index (κ3) is 2.08. The summed E-state index contributed by atoms with van der Waals surface area (Å²) in [6, 6.07) is 16.5. The van der Waals surface area contributed by atoms with Crippen molar-refractivity contribution >= 4 is 0 Å². The van der Waals surface area contributed by atoms with Gasteiger partial charge < -0.3 is 0 Å². The lowest BCUT2D eigenvalue weighted by atomic mass is 9.91. The smallest absolute Gasteiger partial charge is 0.220 e. The van der Waals surface area contributed by atoms with Gasteiger partial charge in [0.2, 0.25) is 0 Å². The van der Waals surface area contributed by atoms with Gasteiger partial charge in [-0.15, -0.1) is 0 Å². The highest BCUT2D eigenvalue weighted by Gasteiger charge is 2.44. The van der Waals surface area contributed by atoms with Gasteiger partial charge in [-0.2, -0.15) is 4.57 Å². The molecule has 1 aliphatic carbocycles. The van der Waals surface area contributed by atoms with Crippen molar-refractivity contribution in [3.05, 3.63) is 71.2 Å². The van der Waals surface area contributed by atoms with Gasteiger partial charge in [-0.25, -0.2) is 4.57 Å². The van der Waals surface area contributed by atoms with E-state index in [-0.39, 0.29) is 0 Å². The SMILES string of the molecule is [2H]C1(C2CCCC2)c2ccccc2-c2c(C)n(-c3ccccc3C)c(C)[n+]21. The van der Waals surface area contributed by atoms with Crippen molar-refractivity contribution in [3.8, 4) is 16.9 Å². The molecular formula is C24H27N2+. The van der Waals surface area contributed by atoms with E-state index in [0.29, 0.717) is 5.92 Å². The Morgan fingerprint density at radius 2 is 1.65 bits per heavy atom. The highest BCUT2D eigenvalue weighted by molar-refractivity contribution is 5.68. The maximum atomic E-state index is 9.76. The molecule has 132 valence electrons. The standard InChI is InChI=1S/C24H27N2/c1-16-10-4-9-15-22(16)25-17(2)23-20-13-7-8-14-21(20)24(26(23)18(25)3)19-11-5-6-12-19/h4,7-10,13-15,19,24H,5-6,11-12H2,1-3H3/q+1/i24D. The van der Waals surface area contributed by atoms with Crippen LogP contribution in [0, 0.1) is 26.7 Å². The van der Waals surface area contributed by atoms with Gasteiger partial charge in [0, 0.05) is 30.9 Å². The zero-order chi connectivity index (χ0) is 18.8. The normalized spacial score (nSPS) is 22.3. The largest absolute Gasteiger partial charge is 0.259 e. The van der Waals surface area contributed by atoms with Gasteiger partial charge in [0.1, 0.15) is 11.7 Å². The van der Waals surface area contributed by atoms with Crippen molar-refractivity contribution in [3.63, 3.8) is 0 Å². The average molecular weight is 345 g/mol. The van der Waals surface area contributed by atoms with Crippen LogP contribution in [0.15, 0.2) is 48.5 Å². The minimum Gasteiger partial charge on any atom is -0.220 e. The van der Waals surface area contributed by atoms with E-state index >= 15 is 0 Å². The van der Waals surface area contributed by atoms with Crippen LogP contribution in [0.5, 0.6) is 0 Å². The summed E-state index contributed by atoms with van der Waals surface area (Å²) in [5.41, 5.74) is 7.39. The molecule has 1 unspecified atom stereocenters. The summed E-state index contributed by atoms with van der Waals surface area (Å²) < 4.78 is 14.5. The Balaban J connectivity index is 1.84. The van der Waals surface area contributed by atoms with E-state index in [1.165, 1.54) is 46.6 Å². The summed E-state index contributed by atoms with van der Waals surface area (Å²) in [6.45, 7) is 6.57. The van der Waals surface area contributed by atoms with Crippen molar-refractivity contribution < 1.29 is 5.94 Å². The molecule has 1 saturated carbocycles. The third-order valence-corrected chi connectivity index (χ3v) is 6.35. The van der Waals surface area contributed by atoms with Gasteiger partial charge in [0.15, 0.2) is 11.4 Å². The van der Waals surface area contributed by atoms with E-state index in [2.05, 4.69) is 78.4 Å². The highest BCUT2D eigenvalue weighted by Crippen LogP contribution is 2.45. The van der Waals surface area contributed by atoms with E-state index in [4.69, 9.17) is 0 Å². The van der Waals surface area contributed by atoms with Gasteiger partial charge in [-0.3, -0.25) is 0 Å². The average Bonchev–Trinajstić information content (AvgIpc) is 3.35. The van der Waals surface area contributed by atoms with Crippen LogP contribution in [0.1, 0.15) is 55.7 Å². The minimum atomic E-state index is -0.689. The summed E-state index contributed by atoms with van der Waals surface area (Å²) >= 11 is 0. The summed E-state index contributed by atoms with van der Waals surface area (Å²) in [6.07, 6.45) is 4.80. The highest BCUT2D eigenvalue weighted by atomic mass is 15.2. The lowest BCUT2D eigenvalue weighted by Crippen LogP contribution is -2.43. The summed E-state index contributed by atoms with van der Waals surface area (Å²) in [7, 11) is 0. The third-order valence-electron chi connectivity index (χ3n) is 6.35. The van der Waals surface area contributed by atoms with Crippen LogP contribution >= 0.6 is 0 Å². The lowest BCUT2D eigenvalue weighted by molar-refractivity contribution is -0.710. The number of aromatic nitrogens is 2. The Hall–Kier alpha value is -2.35. The van der Waals surface area contributed by atoms with Crippen LogP contribution < -0.4 is 4.57 Å². The number of para-hydroxylation sites is 1. The van der Waals surface area contributed by atoms with E-state index < -0.39 is 6.02 Å². The van der Waals surface area contributed by atoms with E-state index in [1.54, 1.807) is 0 Å². The first kappa shape index (κ1) is 14.8. The van der Waals surface area contributed by atoms with Crippen LogP contribution in [0.3, 0.4) is 0 Å². The zero-order valence-corrected chi connectivity index (χ0v) is 15.9. The summed E-state index contributed by atoms with van der Waals surface area (Å²) in [4.78, 5) is 0. The number of aryl methyl sites for hydroxylation is 1. The minimum absolute atomic E-state index is 0.385. The number of imidazole rings is 1. The molecule has 1 aromatic heterocycles. The van der Waals surface area contributed by atoms with E-state index in [1.807, 2.05) is 0 Å². The molecule has 3 aromatic rings. The van der Waals surface area contributed by atoms with Crippen LogP contribution in [-0.4, -0.2) is 4.57 Å². The van der Waals surface area contributed by atoms with Crippen LogP contribution in [0.2, 0.25) is 0 Å². The Bertz CT molecular complexity index is 1040. The summed E-state index contributed by atoms with van der Waals surface area (Å²) in [5, 5.41) is 0. The maximum Gasteiger partial charge on any atom is 0.259 e. The van der Waals surface area contributed by atoms with Gasteiger partial charge in [-0.05, 0) is 31.4 Å². The molecule has 1 atom stereocenters. The predicted molar refractivity (Wildman–Crippen MR) is 106 cm³/mol. The molecule has 1 aliphatic heterocycles. The van der Waals surface area contributed by atoms with Crippen molar-refractivity contribution in [2.45, 2.75) is 52.5 Å². The number of benzene rings is 2. The molecule has 0 amide bonds. The molecule has 0 spiro atoms. The van der Waals surface area contributed by atoms with Crippen molar-refractivity contribution in [2.24, 2.45) is 5.92 Å². The Labute approximate surface area is 157 Å². The monoisotopic (exact) mass is 344 g/mol. The van der Waals surface area contributed by atoms with Crippen molar-refractivity contribution in [1.29, 1.82) is 0 Å². The second-order valence-corrected chi connectivity index (χ2v) is 7.85. The van der Waals surface area contributed by atoms with E-state index in [9.17, 15) is 1.37 Å². The lowest BCUT2D eigenvalue weighted by Gasteiger charge is -2.19. The quantitative estimate of drug-likeness (QED) is 0.547. The molecule has 0 saturated heterocycles. The van der Waals surface area contributed by atoms with Crippen LogP contribution in [0.4, 0.5) is 0 Å². The number of hydrogen-bond acceptors (Lipinski definition) is 0. The second-order valence-electron chi connectivity index (χ2n) is 7.85. The van der Waals surface area contributed by atoms with Crippen LogP contribution in [0.25, 0.3) is 16.9 Å². The fraction of sp³-hybridized carbons (Fsp3) is 0.375. The molecule has 1 fully saturated rings. The van der Waals surface area contributed by atoms with Gasteiger partial charge in [0.25, 0.3) is 5.82 Å². The molecule has 2 nitrogen and oxygen atoms in total. The molecule has 26 heavy (non-hydrogen) atoms.